The largest absolute Gasteiger partial charge is 0.444 e. The molecule has 23 heavy (non-hydrogen) atoms. The lowest BCUT2D eigenvalue weighted by Gasteiger charge is -2.32. The first-order valence-corrected chi connectivity index (χ1v) is 7.26. The van der Waals surface area contributed by atoms with Gasteiger partial charge in [0.2, 0.25) is 0 Å². The lowest BCUT2D eigenvalue weighted by atomic mass is 10.2. The van der Waals surface area contributed by atoms with Crippen LogP contribution in [0.3, 0.4) is 0 Å². The molecule has 2 heterocycles. The highest BCUT2D eigenvalue weighted by atomic mass is 16.6. The highest BCUT2D eigenvalue weighted by Gasteiger charge is 2.37. The lowest BCUT2D eigenvalue weighted by molar-refractivity contribution is 0.00406. The van der Waals surface area contributed by atoms with Crippen molar-refractivity contribution in [1.29, 1.82) is 0 Å². The molecule has 8 nitrogen and oxygen atoms in total. The summed E-state index contributed by atoms with van der Waals surface area (Å²) >= 11 is 0. The molecule has 0 aliphatic carbocycles. The van der Waals surface area contributed by atoms with Crippen molar-refractivity contribution in [1.82, 2.24) is 14.5 Å². The van der Waals surface area contributed by atoms with Crippen LogP contribution in [0.5, 0.6) is 0 Å². The van der Waals surface area contributed by atoms with Crippen molar-refractivity contribution in [3.63, 3.8) is 0 Å². The van der Waals surface area contributed by atoms with Crippen LogP contribution in [0.25, 0.3) is 0 Å². The normalized spacial score (nSPS) is 20.8. The maximum Gasteiger partial charge on any atom is 0.412 e. The van der Waals surface area contributed by atoms with Gasteiger partial charge in [-0.15, -0.1) is 0 Å². The minimum Gasteiger partial charge on any atom is -0.444 e. The first kappa shape index (κ1) is 17.0. The quantitative estimate of drug-likeness (QED) is 0.772. The Morgan fingerprint density at radius 2 is 2.00 bits per heavy atom. The van der Waals surface area contributed by atoms with Crippen LogP contribution in [0.4, 0.5) is 4.79 Å². The predicted molar refractivity (Wildman–Crippen MR) is 83.2 cm³/mol. The number of amides is 1. The van der Waals surface area contributed by atoms with Crippen molar-refractivity contribution >= 4 is 6.09 Å². The van der Waals surface area contributed by atoms with Gasteiger partial charge >= 0.3 is 11.8 Å². The number of nitrogens with zero attached hydrogens (tertiary/aromatic N) is 2. The Balaban J connectivity index is 2.43. The molecule has 0 fully saturated rings. The number of carbonyl (C=O) groups is 1. The van der Waals surface area contributed by atoms with Crippen LogP contribution in [0.2, 0.25) is 0 Å². The molecule has 0 radical (unpaired) electrons. The van der Waals surface area contributed by atoms with E-state index in [9.17, 15) is 19.5 Å². The fourth-order valence-corrected chi connectivity index (χ4v) is 2.33. The second kappa shape index (κ2) is 6.04. The number of carbonyl (C=O) groups excluding carboxylic acids is 1. The molecule has 8 heteroatoms. The third kappa shape index (κ3) is 3.53. The molecule has 1 amide bonds. The van der Waals surface area contributed by atoms with Crippen LogP contribution in [-0.4, -0.2) is 43.9 Å². The highest BCUT2D eigenvalue weighted by Crippen LogP contribution is 2.26. The Hall–Kier alpha value is -2.35. The van der Waals surface area contributed by atoms with Gasteiger partial charge < -0.3 is 9.84 Å². The molecule has 0 aromatic carbocycles. The lowest BCUT2D eigenvalue weighted by Crippen LogP contribution is -2.47. The average molecular weight is 323 g/mol. The maximum absolute atomic E-state index is 12.4. The van der Waals surface area contributed by atoms with Gasteiger partial charge in [0.1, 0.15) is 11.8 Å². The Morgan fingerprint density at radius 1 is 1.35 bits per heavy atom. The van der Waals surface area contributed by atoms with E-state index >= 15 is 0 Å². The summed E-state index contributed by atoms with van der Waals surface area (Å²) in [6.07, 6.45) is 3.20. The number of aryl methyl sites for hydroxylation is 1. The summed E-state index contributed by atoms with van der Waals surface area (Å²) in [6.45, 7) is 6.45. The van der Waals surface area contributed by atoms with Crippen LogP contribution in [0.1, 0.15) is 32.5 Å². The van der Waals surface area contributed by atoms with Crippen molar-refractivity contribution in [2.45, 2.75) is 45.5 Å². The summed E-state index contributed by atoms with van der Waals surface area (Å²) in [5, 5.41) is 9.47. The van der Waals surface area contributed by atoms with E-state index in [0.717, 1.165) is 0 Å². The first-order valence-electron chi connectivity index (χ1n) is 7.26. The maximum atomic E-state index is 12.4. The van der Waals surface area contributed by atoms with Gasteiger partial charge in [0.05, 0.1) is 12.6 Å². The molecule has 2 rings (SSSR count). The van der Waals surface area contributed by atoms with E-state index in [4.69, 9.17) is 4.74 Å². The van der Waals surface area contributed by atoms with Gasteiger partial charge in [-0.05, 0) is 33.8 Å². The average Bonchev–Trinajstić information content (AvgIpc) is 2.84. The van der Waals surface area contributed by atoms with Gasteiger partial charge in [-0.25, -0.2) is 9.59 Å². The smallest absolute Gasteiger partial charge is 0.412 e. The number of ether oxygens (including phenoxy) is 1. The highest BCUT2D eigenvalue weighted by molar-refractivity contribution is 5.70. The Labute approximate surface area is 133 Å². The van der Waals surface area contributed by atoms with Crippen molar-refractivity contribution in [2.24, 2.45) is 0 Å². The molecule has 0 unspecified atom stereocenters. The molecule has 1 aliphatic rings. The molecule has 0 bridgehead atoms. The minimum atomic E-state index is -0.773. The Kier molecular flexibility index (Phi) is 4.46. The summed E-state index contributed by atoms with van der Waals surface area (Å²) in [4.78, 5) is 39.5. The van der Waals surface area contributed by atoms with Crippen molar-refractivity contribution in [3.05, 3.63) is 44.8 Å². The number of aromatic nitrogens is 2. The summed E-state index contributed by atoms with van der Waals surface area (Å²) in [5.41, 5.74) is -1.48. The van der Waals surface area contributed by atoms with E-state index in [0.29, 0.717) is 5.56 Å². The van der Waals surface area contributed by atoms with Gasteiger partial charge in [-0.2, -0.15) is 0 Å². The van der Waals surface area contributed by atoms with Crippen LogP contribution < -0.4 is 11.2 Å². The van der Waals surface area contributed by atoms with Crippen molar-refractivity contribution in [3.8, 4) is 0 Å². The van der Waals surface area contributed by atoms with E-state index in [1.165, 1.54) is 15.7 Å². The summed E-state index contributed by atoms with van der Waals surface area (Å²) in [5.74, 6) is 0. The topological polar surface area (TPSA) is 105 Å². The minimum absolute atomic E-state index is 0.302. The summed E-state index contributed by atoms with van der Waals surface area (Å²) in [6, 6.07) is -0.603. The number of nitrogens with one attached hydrogen (secondary N) is 1. The zero-order valence-electron chi connectivity index (χ0n) is 13.6. The number of aromatic amines is 1. The van der Waals surface area contributed by atoms with Gasteiger partial charge in [-0.3, -0.25) is 19.2 Å². The van der Waals surface area contributed by atoms with Gasteiger partial charge in [0.25, 0.3) is 5.56 Å². The fraction of sp³-hybridized carbons (Fsp3) is 0.533. The third-order valence-corrected chi connectivity index (χ3v) is 3.37. The van der Waals surface area contributed by atoms with Crippen molar-refractivity contribution < 1.29 is 14.6 Å². The molecule has 1 aliphatic heterocycles. The standard InChI is InChI=1S/C15H21N3O5/c1-9-7-17(13(21)16-12(9)20)11-6-5-10(8-19)18(11)14(22)23-15(2,3)4/h5-7,10-11,19H,8H2,1-4H3,(H,16,20,21)/t10-,11+/m0/s1. The monoisotopic (exact) mass is 323 g/mol. The second-order valence-electron chi connectivity index (χ2n) is 6.41. The molecule has 0 spiro atoms. The third-order valence-electron chi connectivity index (χ3n) is 3.37. The number of hydrogen-bond acceptors (Lipinski definition) is 5. The van der Waals surface area contributed by atoms with Gasteiger partial charge in [0, 0.05) is 11.8 Å². The van der Waals surface area contributed by atoms with E-state index < -0.39 is 35.2 Å². The molecule has 0 saturated heterocycles. The van der Waals surface area contributed by atoms with Crippen LogP contribution in [-0.2, 0) is 4.74 Å². The van der Waals surface area contributed by atoms with Gasteiger partial charge in [0.15, 0.2) is 0 Å². The molecule has 2 N–H and O–H groups in total. The van der Waals surface area contributed by atoms with E-state index in [1.807, 2.05) is 0 Å². The number of H-pyrrole nitrogens is 1. The zero-order valence-corrected chi connectivity index (χ0v) is 13.6. The summed E-state index contributed by atoms with van der Waals surface area (Å²) < 4.78 is 6.58. The fourth-order valence-electron chi connectivity index (χ4n) is 2.33. The number of aliphatic hydroxyl groups excluding tert-OH is 1. The molecule has 1 aromatic rings. The zero-order chi connectivity index (χ0) is 17.4. The van der Waals surface area contributed by atoms with Crippen LogP contribution >= 0.6 is 0 Å². The van der Waals surface area contributed by atoms with E-state index in [1.54, 1.807) is 39.8 Å². The Morgan fingerprint density at radius 3 is 2.57 bits per heavy atom. The van der Waals surface area contributed by atoms with E-state index in [-0.39, 0.29) is 6.61 Å². The Bertz CT molecular complexity index is 741. The van der Waals surface area contributed by atoms with Gasteiger partial charge in [-0.1, -0.05) is 6.08 Å². The first-order chi connectivity index (χ1) is 10.6. The number of rotatable bonds is 2. The predicted octanol–water partition coefficient (Wildman–Crippen LogP) is 0.511. The molecule has 0 saturated carbocycles. The van der Waals surface area contributed by atoms with Crippen molar-refractivity contribution in [2.75, 3.05) is 6.61 Å². The second-order valence-corrected chi connectivity index (χ2v) is 6.41. The SMILES string of the molecule is Cc1cn([C@H]2C=C[C@@H](CO)N2C(=O)OC(C)(C)C)c(=O)[nH]c1=O. The number of hydrogen-bond donors (Lipinski definition) is 2. The number of aliphatic hydroxyl groups is 1. The molecule has 2 atom stereocenters. The molecular weight excluding hydrogens is 302 g/mol. The van der Waals surface area contributed by atoms with Crippen LogP contribution in [0, 0.1) is 6.92 Å². The molecule has 1 aromatic heterocycles. The van der Waals surface area contributed by atoms with E-state index in [2.05, 4.69) is 4.98 Å². The summed E-state index contributed by atoms with van der Waals surface area (Å²) in [7, 11) is 0. The molecule has 126 valence electrons. The van der Waals surface area contributed by atoms with Crippen LogP contribution in [0.15, 0.2) is 27.9 Å². The molecular formula is C15H21N3O5.